The van der Waals surface area contributed by atoms with E-state index in [9.17, 15) is 4.79 Å². The second-order valence-electron chi connectivity index (χ2n) is 3.67. The molecule has 0 fully saturated rings. The van der Waals surface area contributed by atoms with E-state index in [0.717, 1.165) is 12.8 Å². The third-order valence-electron chi connectivity index (χ3n) is 2.33. The highest BCUT2D eigenvalue weighted by molar-refractivity contribution is 7.16. The van der Waals surface area contributed by atoms with Gasteiger partial charge in [0.1, 0.15) is 5.00 Å². The van der Waals surface area contributed by atoms with Crippen molar-refractivity contribution in [3.8, 4) is 0 Å². The van der Waals surface area contributed by atoms with Crippen molar-refractivity contribution in [1.29, 1.82) is 0 Å². The van der Waals surface area contributed by atoms with E-state index in [1.807, 2.05) is 6.07 Å². The SMILES string of the molecule is CCCCCc1cc(C(=O)OCC)c(N)s1. The van der Waals surface area contributed by atoms with E-state index >= 15 is 0 Å². The highest BCUT2D eigenvalue weighted by Gasteiger charge is 2.14. The molecule has 16 heavy (non-hydrogen) atoms. The number of unbranched alkanes of at least 4 members (excludes halogenated alkanes) is 2. The number of thiophene rings is 1. The van der Waals surface area contributed by atoms with Crippen LogP contribution in [0.5, 0.6) is 0 Å². The first-order chi connectivity index (χ1) is 7.69. The molecule has 90 valence electrons. The Kier molecular flexibility index (Phi) is 5.32. The van der Waals surface area contributed by atoms with Crippen LogP contribution in [0, 0.1) is 0 Å². The molecule has 0 saturated carbocycles. The van der Waals surface area contributed by atoms with Gasteiger partial charge in [-0.1, -0.05) is 19.8 Å². The van der Waals surface area contributed by atoms with E-state index in [-0.39, 0.29) is 5.97 Å². The Morgan fingerprint density at radius 2 is 2.19 bits per heavy atom. The van der Waals surface area contributed by atoms with Crippen LogP contribution in [0.4, 0.5) is 5.00 Å². The molecule has 0 unspecified atom stereocenters. The lowest BCUT2D eigenvalue weighted by Gasteiger charge is -1.98. The summed E-state index contributed by atoms with van der Waals surface area (Å²) in [5.74, 6) is -0.307. The van der Waals surface area contributed by atoms with Crippen LogP contribution in [0.25, 0.3) is 0 Å². The Balaban J connectivity index is 2.62. The molecule has 2 N–H and O–H groups in total. The van der Waals surface area contributed by atoms with Crippen molar-refractivity contribution in [3.63, 3.8) is 0 Å². The number of ether oxygens (including phenoxy) is 1. The topological polar surface area (TPSA) is 52.3 Å². The smallest absolute Gasteiger partial charge is 0.341 e. The number of anilines is 1. The van der Waals surface area contributed by atoms with Gasteiger partial charge in [-0.2, -0.15) is 0 Å². The first-order valence-electron chi connectivity index (χ1n) is 5.74. The van der Waals surface area contributed by atoms with Crippen LogP contribution < -0.4 is 5.73 Å². The first-order valence-corrected chi connectivity index (χ1v) is 6.56. The van der Waals surface area contributed by atoms with Crippen LogP contribution in [0.2, 0.25) is 0 Å². The molecule has 1 aromatic rings. The largest absolute Gasteiger partial charge is 0.462 e. The summed E-state index contributed by atoms with van der Waals surface area (Å²) in [5.41, 5.74) is 6.32. The van der Waals surface area contributed by atoms with Gasteiger partial charge in [-0.3, -0.25) is 0 Å². The predicted molar refractivity (Wildman–Crippen MR) is 67.9 cm³/mol. The Bertz CT molecular complexity index is 347. The average molecular weight is 241 g/mol. The zero-order chi connectivity index (χ0) is 12.0. The Morgan fingerprint density at radius 1 is 1.44 bits per heavy atom. The van der Waals surface area contributed by atoms with Gasteiger partial charge < -0.3 is 10.5 Å². The summed E-state index contributed by atoms with van der Waals surface area (Å²) in [5, 5.41) is 0.574. The number of rotatable bonds is 6. The number of carbonyl (C=O) groups excluding carboxylic acids is 1. The highest BCUT2D eigenvalue weighted by atomic mass is 32.1. The number of esters is 1. The average Bonchev–Trinajstić information content (AvgIpc) is 2.61. The van der Waals surface area contributed by atoms with Crippen LogP contribution in [0.3, 0.4) is 0 Å². The van der Waals surface area contributed by atoms with Gasteiger partial charge in [0, 0.05) is 4.88 Å². The molecule has 0 aromatic carbocycles. The fourth-order valence-corrected chi connectivity index (χ4v) is 2.46. The fraction of sp³-hybridized carbons (Fsp3) is 0.583. The zero-order valence-electron chi connectivity index (χ0n) is 9.91. The summed E-state index contributed by atoms with van der Waals surface area (Å²) in [6.07, 6.45) is 4.57. The molecule has 0 bridgehead atoms. The van der Waals surface area contributed by atoms with E-state index in [2.05, 4.69) is 6.92 Å². The molecule has 1 aromatic heterocycles. The summed E-state index contributed by atoms with van der Waals surface area (Å²) in [6, 6.07) is 1.87. The van der Waals surface area contributed by atoms with Crippen molar-refractivity contribution in [2.45, 2.75) is 39.5 Å². The van der Waals surface area contributed by atoms with Crippen molar-refractivity contribution in [2.24, 2.45) is 0 Å². The second kappa shape index (κ2) is 6.53. The number of hydrogen-bond donors (Lipinski definition) is 1. The van der Waals surface area contributed by atoms with Crippen LogP contribution in [-0.2, 0) is 11.2 Å². The lowest BCUT2D eigenvalue weighted by atomic mass is 10.1. The van der Waals surface area contributed by atoms with E-state index < -0.39 is 0 Å². The summed E-state index contributed by atoms with van der Waals surface area (Å²) in [4.78, 5) is 12.7. The van der Waals surface area contributed by atoms with Gasteiger partial charge in [0.25, 0.3) is 0 Å². The third-order valence-corrected chi connectivity index (χ3v) is 3.36. The Hall–Kier alpha value is -1.03. The van der Waals surface area contributed by atoms with Gasteiger partial charge in [-0.05, 0) is 25.8 Å². The summed E-state index contributed by atoms with van der Waals surface area (Å²) >= 11 is 1.50. The Morgan fingerprint density at radius 3 is 2.81 bits per heavy atom. The number of hydrogen-bond acceptors (Lipinski definition) is 4. The van der Waals surface area contributed by atoms with Gasteiger partial charge in [0.05, 0.1) is 12.2 Å². The van der Waals surface area contributed by atoms with Crippen molar-refractivity contribution in [3.05, 3.63) is 16.5 Å². The molecule has 0 atom stereocenters. The molecule has 3 nitrogen and oxygen atoms in total. The van der Waals surface area contributed by atoms with E-state index in [1.54, 1.807) is 6.92 Å². The molecule has 4 heteroatoms. The highest BCUT2D eigenvalue weighted by Crippen LogP contribution is 2.27. The standard InChI is InChI=1S/C12H19NO2S/c1-3-5-6-7-9-8-10(11(13)16-9)12(14)15-4-2/h8H,3-7,13H2,1-2H3. The van der Waals surface area contributed by atoms with Crippen molar-refractivity contribution >= 4 is 22.3 Å². The number of carbonyl (C=O) groups is 1. The van der Waals surface area contributed by atoms with Crippen LogP contribution in [-0.4, -0.2) is 12.6 Å². The minimum absolute atomic E-state index is 0.307. The molecule has 0 amide bonds. The maximum atomic E-state index is 11.5. The van der Waals surface area contributed by atoms with Crippen LogP contribution >= 0.6 is 11.3 Å². The first kappa shape index (κ1) is 13.0. The molecule has 0 aliphatic rings. The van der Waals surface area contributed by atoms with Gasteiger partial charge in [-0.25, -0.2) is 4.79 Å². The monoisotopic (exact) mass is 241 g/mol. The quantitative estimate of drug-likeness (QED) is 0.614. The molecule has 0 aliphatic carbocycles. The summed E-state index contributed by atoms with van der Waals surface area (Å²) in [6.45, 7) is 4.36. The molecular weight excluding hydrogens is 222 g/mol. The van der Waals surface area contributed by atoms with Gasteiger partial charge in [-0.15, -0.1) is 11.3 Å². The molecule has 0 radical (unpaired) electrons. The summed E-state index contributed by atoms with van der Waals surface area (Å²) in [7, 11) is 0. The van der Waals surface area contributed by atoms with Gasteiger partial charge in [0.2, 0.25) is 0 Å². The minimum atomic E-state index is -0.307. The predicted octanol–water partition coefficient (Wildman–Crippen LogP) is 3.24. The van der Waals surface area contributed by atoms with Crippen LogP contribution in [0.1, 0.15) is 48.3 Å². The molecular formula is C12H19NO2S. The van der Waals surface area contributed by atoms with Crippen LogP contribution in [0.15, 0.2) is 6.07 Å². The summed E-state index contributed by atoms with van der Waals surface area (Å²) < 4.78 is 4.94. The normalized spacial score (nSPS) is 10.4. The molecule has 1 rings (SSSR count). The third kappa shape index (κ3) is 3.52. The number of aryl methyl sites for hydroxylation is 1. The molecule has 1 heterocycles. The van der Waals surface area contributed by atoms with E-state index in [0.29, 0.717) is 17.2 Å². The van der Waals surface area contributed by atoms with Crippen molar-refractivity contribution < 1.29 is 9.53 Å². The molecule has 0 aliphatic heterocycles. The van der Waals surface area contributed by atoms with Crippen molar-refractivity contribution in [1.82, 2.24) is 0 Å². The molecule has 0 spiro atoms. The van der Waals surface area contributed by atoms with Crippen molar-refractivity contribution in [2.75, 3.05) is 12.3 Å². The second-order valence-corrected chi connectivity index (χ2v) is 4.84. The molecule has 0 saturated heterocycles. The fourth-order valence-electron chi connectivity index (χ4n) is 1.50. The van der Waals surface area contributed by atoms with E-state index in [1.165, 1.54) is 29.1 Å². The lowest BCUT2D eigenvalue weighted by Crippen LogP contribution is -2.05. The van der Waals surface area contributed by atoms with Gasteiger partial charge in [0.15, 0.2) is 0 Å². The van der Waals surface area contributed by atoms with E-state index in [4.69, 9.17) is 10.5 Å². The zero-order valence-corrected chi connectivity index (χ0v) is 10.7. The number of nitrogen functional groups attached to an aromatic ring is 1. The maximum Gasteiger partial charge on any atom is 0.341 e. The minimum Gasteiger partial charge on any atom is -0.462 e. The maximum absolute atomic E-state index is 11.5. The Labute approximate surface area is 101 Å². The number of nitrogens with two attached hydrogens (primary N) is 1. The van der Waals surface area contributed by atoms with Gasteiger partial charge >= 0.3 is 5.97 Å². The lowest BCUT2D eigenvalue weighted by molar-refractivity contribution is 0.0528.